The van der Waals surface area contributed by atoms with Crippen molar-refractivity contribution >= 4 is 11.6 Å². The lowest BCUT2D eigenvalue weighted by atomic mass is 10.1. The van der Waals surface area contributed by atoms with Crippen molar-refractivity contribution in [3.8, 4) is 11.8 Å². The first-order valence-corrected chi connectivity index (χ1v) is 6.64. The first-order chi connectivity index (χ1) is 10.1. The summed E-state index contributed by atoms with van der Waals surface area (Å²) in [6.07, 6.45) is 0.420. The molecule has 5 nitrogen and oxygen atoms in total. The number of rotatable bonds is 3. The van der Waals surface area contributed by atoms with Gasteiger partial charge in [0.25, 0.3) is 5.91 Å². The maximum Gasteiger partial charge on any atom is 0.255 e. The Balaban J connectivity index is 2.17. The second-order valence-corrected chi connectivity index (χ2v) is 4.62. The SMILES string of the molecule is Cc1n[nH]c(C)c1NC(=O)c1cccc(C#CCCO)c1. The van der Waals surface area contributed by atoms with E-state index in [1.54, 1.807) is 18.2 Å². The summed E-state index contributed by atoms with van der Waals surface area (Å²) in [7, 11) is 0. The number of aliphatic hydroxyl groups excluding tert-OH is 1. The molecule has 3 N–H and O–H groups in total. The van der Waals surface area contributed by atoms with Crippen molar-refractivity contribution in [2.45, 2.75) is 20.3 Å². The summed E-state index contributed by atoms with van der Waals surface area (Å²) < 4.78 is 0. The fraction of sp³-hybridized carbons (Fsp3) is 0.250. The molecule has 1 heterocycles. The molecule has 2 aromatic rings. The van der Waals surface area contributed by atoms with Gasteiger partial charge < -0.3 is 10.4 Å². The Morgan fingerprint density at radius 1 is 1.43 bits per heavy atom. The Labute approximate surface area is 123 Å². The lowest BCUT2D eigenvalue weighted by Crippen LogP contribution is -2.13. The first-order valence-electron chi connectivity index (χ1n) is 6.64. The molecule has 0 aliphatic heterocycles. The van der Waals surface area contributed by atoms with Crippen molar-refractivity contribution in [3.63, 3.8) is 0 Å². The Bertz CT molecular complexity index is 688. The monoisotopic (exact) mass is 283 g/mol. The maximum atomic E-state index is 12.3. The number of anilines is 1. The number of benzene rings is 1. The standard InChI is InChI=1S/C16H17N3O2/c1-11-15(12(2)19-18-11)17-16(21)14-8-5-7-13(10-14)6-3-4-9-20/h5,7-8,10,20H,4,9H2,1-2H3,(H,17,21)(H,18,19). The Morgan fingerprint density at radius 3 is 2.90 bits per heavy atom. The van der Waals surface area contributed by atoms with Gasteiger partial charge in [-0.05, 0) is 32.0 Å². The number of nitrogens with zero attached hydrogens (tertiary/aromatic N) is 1. The van der Waals surface area contributed by atoms with E-state index in [-0.39, 0.29) is 12.5 Å². The quantitative estimate of drug-likeness (QED) is 0.754. The molecular formula is C16H17N3O2. The van der Waals surface area contributed by atoms with Crippen LogP contribution in [-0.4, -0.2) is 27.8 Å². The summed E-state index contributed by atoms with van der Waals surface area (Å²) in [6.45, 7) is 3.72. The van der Waals surface area contributed by atoms with Crippen molar-refractivity contribution in [2.75, 3.05) is 11.9 Å². The van der Waals surface area contributed by atoms with Crippen LogP contribution in [0, 0.1) is 25.7 Å². The normalized spacial score (nSPS) is 9.86. The molecule has 1 aromatic carbocycles. The number of amides is 1. The van der Waals surface area contributed by atoms with Gasteiger partial charge in [0.15, 0.2) is 0 Å². The number of nitrogens with one attached hydrogen (secondary N) is 2. The number of aliphatic hydroxyl groups is 1. The van der Waals surface area contributed by atoms with Gasteiger partial charge in [0.1, 0.15) is 0 Å². The molecular weight excluding hydrogens is 266 g/mol. The van der Waals surface area contributed by atoms with Crippen molar-refractivity contribution < 1.29 is 9.90 Å². The van der Waals surface area contributed by atoms with Gasteiger partial charge in [-0.2, -0.15) is 5.10 Å². The number of carbonyl (C=O) groups excluding carboxylic acids is 1. The van der Waals surface area contributed by atoms with Crippen molar-refractivity contribution in [1.29, 1.82) is 0 Å². The minimum absolute atomic E-state index is 0.0339. The highest BCUT2D eigenvalue weighted by molar-refractivity contribution is 6.05. The molecule has 2 rings (SSSR count). The van der Waals surface area contributed by atoms with E-state index in [4.69, 9.17) is 5.11 Å². The van der Waals surface area contributed by atoms with Gasteiger partial charge in [-0.25, -0.2) is 0 Å². The van der Waals surface area contributed by atoms with Crippen molar-refractivity contribution in [3.05, 3.63) is 46.8 Å². The highest BCUT2D eigenvalue weighted by Crippen LogP contribution is 2.17. The minimum Gasteiger partial charge on any atom is -0.395 e. The molecule has 108 valence electrons. The lowest BCUT2D eigenvalue weighted by Gasteiger charge is -2.05. The number of carbonyl (C=O) groups is 1. The predicted molar refractivity (Wildman–Crippen MR) is 81.0 cm³/mol. The van der Waals surface area contributed by atoms with E-state index in [9.17, 15) is 4.79 Å². The minimum atomic E-state index is -0.201. The number of hydrogen-bond acceptors (Lipinski definition) is 3. The average molecular weight is 283 g/mol. The van der Waals surface area contributed by atoms with E-state index in [0.29, 0.717) is 17.7 Å². The van der Waals surface area contributed by atoms with E-state index >= 15 is 0 Å². The molecule has 0 aliphatic rings. The van der Waals surface area contributed by atoms with Crippen molar-refractivity contribution in [1.82, 2.24) is 10.2 Å². The van der Waals surface area contributed by atoms with Crippen LogP contribution in [0.3, 0.4) is 0 Å². The third-order valence-corrected chi connectivity index (χ3v) is 2.96. The van der Waals surface area contributed by atoms with Crippen LogP contribution in [0.2, 0.25) is 0 Å². The third kappa shape index (κ3) is 3.71. The lowest BCUT2D eigenvalue weighted by molar-refractivity contribution is 0.102. The molecule has 0 spiro atoms. The fourth-order valence-corrected chi connectivity index (χ4v) is 1.88. The van der Waals surface area contributed by atoms with E-state index in [1.807, 2.05) is 19.9 Å². The molecule has 0 unspecified atom stereocenters. The first kappa shape index (κ1) is 14.8. The summed E-state index contributed by atoms with van der Waals surface area (Å²) in [4.78, 5) is 12.3. The van der Waals surface area contributed by atoms with Crippen molar-refractivity contribution in [2.24, 2.45) is 0 Å². The van der Waals surface area contributed by atoms with Crippen LogP contribution in [0.5, 0.6) is 0 Å². The largest absolute Gasteiger partial charge is 0.395 e. The number of aryl methyl sites for hydroxylation is 2. The zero-order valence-corrected chi connectivity index (χ0v) is 12.0. The van der Waals surface area contributed by atoms with Crippen LogP contribution in [0.4, 0.5) is 5.69 Å². The molecule has 21 heavy (non-hydrogen) atoms. The van der Waals surface area contributed by atoms with Gasteiger partial charge in [-0.1, -0.05) is 17.9 Å². The Morgan fingerprint density at radius 2 is 2.24 bits per heavy atom. The van der Waals surface area contributed by atoms with Crippen LogP contribution in [0.25, 0.3) is 0 Å². The van der Waals surface area contributed by atoms with Gasteiger partial charge in [0.2, 0.25) is 0 Å². The smallest absolute Gasteiger partial charge is 0.255 e. The summed E-state index contributed by atoms with van der Waals surface area (Å²) in [6, 6.07) is 7.07. The second kappa shape index (κ2) is 6.73. The second-order valence-electron chi connectivity index (χ2n) is 4.62. The zero-order valence-electron chi connectivity index (χ0n) is 12.0. The molecule has 0 saturated carbocycles. The molecule has 0 saturated heterocycles. The highest BCUT2D eigenvalue weighted by Gasteiger charge is 2.11. The predicted octanol–water partition coefficient (Wildman–Crippen LogP) is 2.01. The molecule has 0 radical (unpaired) electrons. The van der Waals surface area contributed by atoms with Gasteiger partial charge in [-0.3, -0.25) is 9.89 Å². The topological polar surface area (TPSA) is 78.0 Å². The molecule has 0 aliphatic carbocycles. The molecule has 5 heteroatoms. The Hall–Kier alpha value is -2.58. The van der Waals surface area contributed by atoms with E-state index in [1.165, 1.54) is 0 Å². The number of aromatic amines is 1. The number of hydrogen-bond donors (Lipinski definition) is 3. The van der Waals surface area contributed by atoms with E-state index in [0.717, 1.165) is 17.0 Å². The molecule has 0 atom stereocenters. The summed E-state index contributed by atoms with van der Waals surface area (Å²) in [5.74, 6) is 5.55. The van der Waals surface area contributed by atoms with Crippen LogP contribution >= 0.6 is 0 Å². The van der Waals surface area contributed by atoms with Gasteiger partial charge >= 0.3 is 0 Å². The van der Waals surface area contributed by atoms with Crippen LogP contribution in [-0.2, 0) is 0 Å². The summed E-state index contributed by atoms with van der Waals surface area (Å²) in [5.41, 5.74) is 3.55. The summed E-state index contributed by atoms with van der Waals surface area (Å²) >= 11 is 0. The molecule has 0 fully saturated rings. The van der Waals surface area contributed by atoms with Crippen LogP contribution in [0.15, 0.2) is 24.3 Å². The fourth-order valence-electron chi connectivity index (χ4n) is 1.88. The van der Waals surface area contributed by atoms with E-state index in [2.05, 4.69) is 27.4 Å². The molecule has 0 bridgehead atoms. The Kier molecular flexibility index (Phi) is 4.75. The van der Waals surface area contributed by atoms with Crippen LogP contribution in [0.1, 0.15) is 33.7 Å². The summed E-state index contributed by atoms with van der Waals surface area (Å²) in [5, 5.41) is 18.4. The number of H-pyrrole nitrogens is 1. The zero-order chi connectivity index (χ0) is 15.2. The van der Waals surface area contributed by atoms with Gasteiger partial charge in [-0.15, -0.1) is 0 Å². The number of aromatic nitrogens is 2. The van der Waals surface area contributed by atoms with Crippen LogP contribution < -0.4 is 5.32 Å². The van der Waals surface area contributed by atoms with Gasteiger partial charge in [0, 0.05) is 17.5 Å². The van der Waals surface area contributed by atoms with Gasteiger partial charge in [0.05, 0.1) is 23.7 Å². The average Bonchev–Trinajstić information content (AvgIpc) is 2.80. The highest BCUT2D eigenvalue weighted by atomic mass is 16.2. The third-order valence-electron chi connectivity index (χ3n) is 2.96. The molecule has 1 aromatic heterocycles. The van der Waals surface area contributed by atoms with E-state index < -0.39 is 0 Å². The maximum absolute atomic E-state index is 12.3. The molecule has 1 amide bonds.